The second kappa shape index (κ2) is 4.07. The van der Waals surface area contributed by atoms with Crippen molar-refractivity contribution in [2.45, 2.75) is 6.92 Å². The van der Waals surface area contributed by atoms with E-state index in [-0.39, 0.29) is 5.46 Å². The number of aromatic nitrogens is 2. The molecule has 0 atom stereocenters. The molecule has 82 valence electrons. The van der Waals surface area contributed by atoms with Crippen molar-refractivity contribution < 1.29 is 14.4 Å². The van der Waals surface area contributed by atoms with Crippen LogP contribution in [0, 0.1) is 12.7 Å². The van der Waals surface area contributed by atoms with E-state index >= 15 is 0 Å². The lowest BCUT2D eigenvalue weighted by atomic mass is 9.80. The summed E-state index contributed by atoms with van der Waals surface area (Å²) in [6, 6.07) is 4.11. The fraction of sp³-hybridized carbons (Fsp3) is 0.100. The Labute approximate surface area is 92.1 Å². The van der Waals surface area contributed by atoms with Crippen molar-refractivity contribution in [2.75, 3.05) is 0 Å². The summed E-state index contributed by atoms with van der Waals surface area (Å²) in [5, 5.41) is 21.8. The molecule has 0 spiro atoms. The third kappa shape index (κ3) is 1.98. The van der Waals surface area contributed by atoms with Crippen LogP contribution in [0.5, 0.6) is 0 Å². The van der Waals surface area contributed by atoms with Gasteiger partial charge in [-0.1, -0.05) is 6.07 Å². The third-order valence-corrected chi connectivity index (χ3v) is 2.24. The maximum atomic E-state index is 13.4. The number of rotatable bonds is 2. The molecule has 0 fully saturated rings. The summed E-state index contributed by atoms with van der Waals surface area (Å²) in [4.78, 5) is 0. The Morgan fingerprint density at radius 3 is 2.62 bits per heavy atom. The lowest BCUT2D eigenvalue weighted by molar-refractivity contribution is 0.423. The van der Waals surface area contributed by atoms with E-state index in [2.05, 4.69) is 5.10 Å². The molecule has 0 radical (unpaired) electrons. The monoisotopic (exact) mass is 220 g/mol. The zero-order valence-electron chi connectivity index (χ0n) is 8.63. The lowest BCUT2D eigenvalue weighted by Gasteiger charge is -2.05. The molecule has 0 bridgehead atoms. The molecule has 2 aromatic rings. The Morgan fingerprint density at radius 2 is 2.12 bits per heavy atom. The molecule has 1 aromatic heterocycles. The molecule has 16 heavy (non-hydrogen) atoms. The van der Waals surface area contributed by atoms with E-state index in [1.807, 2.05) is 6.92 Å². The first-order valence-electron chi connectivity index (χ1n) is 4.75. The highest BCUT2D eigenvalue weighted by atomic mass is 19.1. The zero-order valence-corrected chi connectivity index (χ0v) is 8.63. The second-order valence-corrected chi connectivity index (χ2v) is 3.54. The maximum Gasteiger partial charge on any atom is 0.491 e. The van der Waals surface area contributed by atoms with Crippen LogP contribution in [-0.4, -0.2) is 26.9 Å². The van der Waals surface area contributed by atoms with Gasteiger partial charge < -0.3 is 10.0 Å². The van der Waals surface area contributed by atoms with Crippen molar-refractivity contribution >= 4 is 12.6 Å². The minimum absolute atomic E-state index is 0.146. The first-order valence-corrected chi connectivity index (χ1v) is 4.75. The van der Waals surface area contributed by atoms with E-state index in [1.54, 1.807) is 18.5 Å². The molecule has 1 aromatic carbocycles. The fourth-order valence-electron chi connectivity index (χ4n) is 1.42. The summed E-state index contributed by atoms with van der Waals surface area (Å²) in [6.45, 7) is 1.88. The Kier molecular flexibility index (Phi) is 2.76. The molecule has 0 amide bonds. The van der Waals surface area contributed by atoms with E-state index in [4.69, 9.17) is 10.0 Å². The molecule has 2 rings (SSSR count). The molecular weight excluding hydrogens is 210 g/mol. The number of nitrogens with zero attached hydrogens (tertiary/aromatic N) is 2. The van der Waals surface area contributed by atoms with E-state index in [0.29, 0.717) is 5.69 Å². The average Bonchev–Trinajstić information content (AvgIpc) is 2.64. The molecule has 0 aliphatic heterocycles. The van der Waals surface area contributed by atoms with Gasteiger partial charge >= 0.3 is 7.12 Å². The minimum Gasteiger partial charge on any atom is -0.423 e. The van der Waals surface area contributed by atoms with Crippen LogP contribution >= 0.6 is 0 Å². The fourth-order valence-corrected chi connectivity index (χ4v) is 1.42. The molecule has 0 aliphatic rings. The standard InChI is InChI=1S/C10H10BFN2O2/c1-7-5-13-14(6-7)8-2-3-9(11(15)16)10(12)4-8/h2-6,15-16H,1H3. The first-order chi connectivity index (χ1) is 7.58. The smallest absolute Gasteiger partial charge is 0.423 e. The van der Waals surface area contributed by atoms with Gasteiger partial charge in [-0.2, -0.15) is 5.10 Å². The zero-order chi connectivity index (χ0) is 11.7. The van der Waals surface area contributed by atoms with Gasteiger partial charge in [0.25, 0.3) is 0 Å². The predicted molar refractivity (Wildman–Crippen MR) is 58.1 cm³/mol. The van der Waals surface area contributed by atoms with Crippen LogP contribution in [0.1, 0.15) is 5.56 Å². The number of benzene rings is 1. The summed E-state index contributed by atoms with van der Waals surface area (Å²) in [5.74, 6) is -0.666. The van der Waals surface area contributed by atoms with Crippen molar-refractivity contribution in [3.8, 4) is 5.69 Å². The average molecular weight is 220 g/mol. The van der Waals surface area contributed by atoms with E-state index in [9.17, 15) is 4.39 Å². The highest BCUT2D eigenvalue weighted by Gasteiger charge is 2.16. The van der Waals surface area contributed by atoms with Gasteiger partial charge in [-0.15, -0.1) is 0 Å². The lowest BCUT2D eigenvalue weighted by Crippen LogP contribution is -2.32. The Hall–Kier alpha value is -1.66. The molecule has 4 nitrogen and oxygen atoms in total. The molecule has 0 saturated heterocycles. The van der Waals surface area contributed by atoms with E-state index in [1.165, 1.54) is 16.8 Å². The number of halogens is 1. The molecule has 1 heterocycles. The SMILES string of the molecule is Cc1cnn(-c2ccc(B(O)O)c(F)c2)c1. The number of aryl methyl sites for hydroxylation is 1. The van der Waals surface area contributed by atoms with Gasteiger partial charge in [-0.3, -0.25) is 0 Å². The van der Waals surface area contributed by atoms with E-state index < -0.39 is 12.9 Å². The van der Waals surface area contributed by atoms with Crippen molar-refractivity contribution in [3.05, 3.63) is 42.0 Å². The second-order valence-electron chi connectivity index (χ2n) is 3.54. The van der Waals surface area contributed by atoms with Gasteiger partial charge in [0, 0.05) is 11.7 Å². The Bertz CT molecular complexity index is 513. The Balaban J connectivity index is 2.42. The molecular formula is C10H10BFN2O2. The highest BCUT2D eigenvalue weighted by Crippen LogP contribution is 2.08. The highest BCUT2D eigenvalue weighted by molar-refractivity contribution is 6.58. The number of hydrogen-bond donors (Lipinski definition) is 2. The molecule has 0 saturated carbocycles. The van der Waals surface area contributed by atoms with Crippen LogP contribution in [0.4, 0.5) is 4.39 Å². The van der Waals surface area contributed by atoms with Crippen LogP contribution in [-0.2, 0) is 0 Å². The molecule has 6 heteroatoms. The van der Waals surface area contributed by atoms with Crippen LogP contribution in [0.25, 0.3) is 5.69 Å². The van der Waals surface area contributed by atoms with Crippen LogP contribution in [0.2, 0.25) is 0 Å². The summed E-state index contributed by atoms with van der Waals surface area (Å²) in [7, 11) is -1.80. The summed E-state index contributed by atoms with van der Waals surface area (Å²) < 4.78 is 15.0. The predicted octanol–water partition coefficient (Wildman–Crippen LogP) is -0.000380. The largest absolute Gasteiger partial charge is 0.491 e. The normalized spacial score (nSPS) is 10.5. The van der Waals surface area contributed by atoms with Crippen LogP contribution < -0.4 is 5.46 Å². The molecule has 2 N–H and O–H groups in total. The third-order valence-electron chi connectivity index (χ3n) is 2.24. The number of hydrogen-bond acceptors (Lipinski definition) is 3. The van der Waals surface area contributed by atoms with E-state index in [0.717, 1.165) is 5.56 Å². The Morgan fingerprint density at radius 1 is 1.38 bits per heavy atom. The minimum atomic E-state index is -1.80. The van der Waals surface area contributed by atoms with Crippen LogP contribution in [0.3, 0.4) is 0 Å². The van der Waals surface area contributed by atoms with Crippen molar-refractivity contribution in [3.63, 3.8) is 0 Å². The van der Waals surface area contributed by atoms with Gasteiger partial charge in [0.15, 0.2) is 0 Å². The van der Waals surface area contributed by atoms with Gasteiger partial charge in [-0.25, -0.2) is 9.07 Å². The van der Waals surface area contributed by atoms with Crippen molar-refractivity contribution in [2.24, 2.45) is 0 Å². The first kappa shape index (κ1) is 10.8. The van der Waals surface area contributed by atoms with Gasteiger partial charge in [0.2, 0.25) is 0 Å². The molecule has 0 unspecified atom stereocenters. The van der Waals surface area contributed by atoms with Gasteiger partial charge in [-0.05, 0) is 24.6 Å². The van der Waals surface area contributed by atoms with Crippen LogP contribution in [0.15, 0.2) is 30.6 Å². The summed E-state index contributed by atoms with van der Waals surface area (Å²) in [6.07, 6.45) is 3.41. The van der Waals surface area contributed by atoms with Gasteiger partial charge in [0.05, 0.1) is 11.9 Å². The van der Waals surface area contributed by atoms with Crippen molar-refractivity contribution in [1.82, 2.24) is 9.78 Å². The summed E-state index contributed by atoms with van der Waals surface area (Å²) >= 11 is 0. The summed E-state index contributed by atoms with van der Waals surface area (Å²) in [5.41, 5.74) is 1.36. The molecule has 0 aliphatic carbocycles. The quantitative estimate of drug-likeness (QED) is 0.700. The topological polar surface area (TPSA) is 58.3 Å². The van der Waals surface area contributed by atoms with Crippen molar-refractivity contribution in [1.29, 1.82) is 0 Å². The van der Waals surface area contributed by atoms with Gasteiger partial charge in [0.1, 0.15) is 5.82 Å². The maximum absolute atomic E-state index is 13.4.